The second kappa shape index (κ2) is 9.29. The van der Waals surface area contributed by atoms with Crippen LogP contribution in [0, 0.1) is 18.8 Å². The van der Waals surface area contributed by atoms with Gasteiger partial charge in [-0.2, -0.15) is 0 Å². The Morgan fingerprint density at radius 3 is 2.36 bits per heavy atom. The molecule has 25 heavy (non-hydrogen) atoms. The first kappa shape index (κ1) is 18.3. The molecule has 0 saturated carbocycles. The predicted molar refractivity (Wildman–Crippen MR) is 98.7 cm³/mol. The van der Waals surface area contributed by atoms with Crippen LogP contribution in [0.5, 0.6) is 0 Å². The van der Waals surface area contributed by atoms with Gasteiger partial charge in [-0.15, -0.1) is 0 Å². The Bertz CT molecular complexity index is 771. The van der Waals surface area contributed by atoms with Crippen molar-refractivity contribution in [1.82, 2.24) is 10.6 Å². The predicted octanol–water partition coefficient (Wildman–Crippen LogP) is 2.73. The molecular formula is C21H22N2O2. The van der Waals surface area contributed by atoms with Crippen LogP contribution < -0.4 is 10.6 Å². The molecule has 0 spiro atoms. The minimum absolute atomic E-state index is 0.151. The molecule has 128 valence electrons. The topological polar surface area (TPSA) is 58.2 Å². The number of carbonyl (C=O) groups is 2. The number of benzene rings is 2. The van der Waals surface area contributed by atoms with Crippen LogP contribution in [0.2, 0.25) is 0 Å². The molecule has 4 heteroatoms. The summed E-state index contributed by atoms with van der Waals surface area (Å²) in [5.41, 5.74) is 2.95. The number of aryl methyl sites for hydroxylation is 1. The average molecular weight is 334 g/mol. The average Bonchev–Trinajstić information content (AvgIpc) is 2.59. The van der Waals surface area contributed by atoms with E-state index in [0.717, 1.165) is 16.7 Å². The molecule has 0 aromatic heterocycles. The molecule has 2 rings (SSSR count). The van der Waals surface area contributed by atoms with E-state index in [1.165, 1.54) is 6.92 Å². The van der Waals surface area contributed by atoms with Crippen molar-refractivity contribution < 1.29 is 9.59 Å². The lowest BCUT2D eigenvalue weighted by atomic mass is 10.0. The fraction of sp³-hybridized carbons (Fsp3) is 0.238. The van der Waals surface area contributed by atoms with Crippen molar-refractivity contribution in [1.29, 1.82) is 0 Å². The lowest BCUT2D eigenvalue weighted by Crippen LogP contribution is -2.32. The van der Waals surface area contributed by atoms with Gasteiger partial charge in [-0.3, -0.25) is 9.59 Å². The number of hydrogen-bond donors (Lipinski definition) is 2. The highest BCUT2D eigenvalue weighted by molar-refractivity contribution is 5.79. The summed E-state index contributed by atoms with van der Waals surface area (Å²) in [4.78, 5) is 23.6. The van der Waals surface area contributed by atoms with E-state index >= 15 is 0 Å². The molecule has 2 aromatic carbocycles. The maximum Gasteiger partial charge on any atom is 0.223 e. The number of hydrogen-bond acceptors (Lipinski definition) is 2. The van der Waals surface area contributed by atoms with Gasteiger partial charge in [-0.25, -0.2) is 0 Å². The fourth-order valence-corrected chi connectivity index (χ4v) is 2.36. The summed E-state index contributed by atoms with van der Waals surface area (Å²) in [6.45, 7) is 3.72. The van der Waals surface area contributed by atoms with Crippen molar-refractivity contribution in [3.05, 3.63) is 71.3 Å². The van der Waals surface area contributed by atoms with Crippen LogP contribution in [0.3, 0.4) is 0 Å². The fourth-order valence-electron chi connectivity index (χ4n) is 2.36. The molecule has 1 unspecified atom stereocenters. The molecule has 2 N–H and O–H groups in total. The highest BCUT2D eigenvalue weighted by atomic mass is 16.2. The smallest absolute Gasteiger partial charge is 0.223 e. The molecule has 0 bridgehead atoms. The van der Waals surface area contributed by atoms with Gasteiger partial charge in [0.25, 0.3) is 0 Å². The van der Waals surface area contributed by atoms with E-state index in [9.17, 15) is 9.59 Å². The molecule has 0 heterocycles. The maximum atomic E-state index is 12.2. The summed E-state index contributed by atoms with van der Waals surface area (Å²) < 4.78 is 0. The molecule has 1 atom stereocenters. The third-order valence-electron chi connectivity index (χ3n) is 3.63. The van der Waals surface area contributed by atoms with Gasteiger partial charge >= 0.3 is 0 Å². The molecule has 0 fully saturated rings. The Kier molecular flexibility index (Phi) is 6.79. The van der Waals surface area contributed by atoms with Crippen molar-refractivity contribution in [3.8, 4) is 11.8 Å². The van der Waals surface area contributed by atoms with E-state index in [0.29, 0.717) is 0 Å². The minimum atomic E-state index is -0.347. The van der Waals surface area contributed by atoms with Gasteiger partial charge < -0.3 is 10.6 Å². The van der Waals surface area contributed by atoms with Gasteiger partial charge in [0.1, 0.15) is 0 Å². The van der Waals surface area contributed by atoms with Crippen molar-refractivity contribution in [2.45, 2.75) is 26.3 Å². The Balaban J connectivity index is 1.92. The van der Waals surface area contributed by atoms with Gasteiger partial charge in [0.15, 0.2) is 0 Å². The Hall–Kier alpha value is -3.06. The quantitative estimate of drug-likeness (QED) is 0.826. The number of amides is 2. The zero-order chi connectivity index (χ0) is 18.1. The van der Waals surface area contributed by atoms with Gasteiger partial charge in [-0.1, -0.05) is 59.9 Å². The number of rotatable bonds is 5. The Morgan fingerprint density at radius 2 is 1.72 bits per heavy atom. The van der Waals surface area contributed by atoms with Crippen molar-refractivity contribution in [3.63, 3.8) is 0 Å². The standard InChI is InChI=1S/C21H22N2O2/c1-16-10-12-19(13-11-16)20(23-17(2)24)15-21(25)22-14-6-9-18-7-4-3-5-8-18/h3-5,7-8,10-13,20H,14-15H2,1-2H3,(H,22,25)(H,23,24). The lowest BCUT2D eigenvalue weighted by molar-refractivity contribution is -0.122. The van der Waals surface area contributed by atoms with Gasteiger partial charge in [-0.05, 0) is 24.6 Å². The molecule has 0 aliphatic heterocycles. The van der Waals surface area contributed by atoms with Gasteiger partial charge in [0.05, 0.1) is 19.0 Å². The summed E-state index contributed by atoms with van der Waals surface area (Å²) >= 11 is 0. The number of carbonyl (C=O) groups excluding carboxylic acids is 2. The second-order valence-corrected chi connectivity index (χ2v) is 5.81. The molecule has 0 aliphatic rings. The van der Waals surface area contributed by atoms with Crippen LogP contribution in [0.1, 0.15) is 36.1 Å². The first-order valence-corrected chi connectivity index (χ1v) is 8.19. The summed E-state index contributed by atoms with van der Waals surface area (Å²) in [6.07, 6.45) is 0.176. The van der Waals surface area contributed by atoms with Crippen LogP contribution >= 0.6 is 0 Å². The van der Waals surface area contributed by atoms with Crippen molar-refractivity contribution in [2.75, 3.05) is 6.54 Å². The molecule has 0 aliphatic carbocycles. The maximum absolute atomic E-state index is 12.2. The van der Waals surface area contributed by atoms with E-state index in [4.69, 9.17) is 0 Å². The molecular weight excluding hydrogens is 312 g/mol. The second-order valence-electron chi connectivity index (χ2n) is 5.81. The minimum Gasteiger partial charge on any atom is -0.349 e. The van der Waals surface area contributed by atoms with E-state index in [1.807, 2.05) is 61.5 Å². The monoisotopic (exact) mass is 334 g/mol. The van der Waals surface area contributed by atoms with Crippen molar-refractivity contribution >= 4 is 11.8 Å². The van der Waals surface area contributed by atoms with Gasteiger partial charge in [0.2, 0.25) is 11.8 Å². The molecule has 4 nitrogen and oxygen atoms in total. The van der Waals surface area contributed by atoms with E-state index in [2.05, 4.69) is 22.5 Å². The SMILES string of the molecule is CC(=O)NC(CC(=O)NCC#Cc1ccccc1)c1ccc(C)cc1. The van der Waals surface area contributed by atoms with E-state index < -0.39 is 0 Å². The molecule has 2 amide bonds. The number of nitrogens with one attached hydrogen (secondary N) is 2. The van der Waals surface area contributed by atoms with Crippen molar-refractivity contribution in [2.24, 2.45) is 0 Å². The largest absolute Gasteiger partial charge is 0.349 e. The molecule has 2 aromatic rings. The summed E-state index contributed by atoms with van der Waals surface area (Å²) in [5.74, 6) is 5.60. The Labute approximate surface area is 148 Å². The third kappa shape index (κ3) is 6.52. The van der Waals surface area contributed by atoms with Crippen LogP contribution in [-0.2, 0) is 9.59 Å². The summed E-state index contributed by atoms with van der Waals surface area (Å²) in [5, 5.41) is 5.60. The highest BCUT2D eigenvalue weighted by Crippen LogP contribution is 2.17. The Morgan fingerprint density at radius 1 is 1.04 bits per heavy atom. The zero-order valence-corrected chi connectivity index (χ0v) is 14.5. The lowest BCUT2D eigenvalue weighted by Gasteiger charge is -2.18. The first-order valence-electron chi connectivity index (χ1n) is 8.19. The normalized spacial score (nSPS) is 11.0. The summed E-state index contributed by atoms with van der Waals surface area (Å²) in [6, 6.07) is 17.0. The van der Waals surface area contributed by atoms with Crippen LogP contribution in [-0.4, -0.2) is 18.4 Å². The molecule has 0 saturated heterocycles. The molecule has 0 radical (unpaired) electrons. The van der Waals surface area contributed by atoms with Crippen LogP contribution in [0.25, 0.3) is 0 Å². The van der Waals surface area contributed by atoms with E-state index in [1.54, 1.807) is 0 Å². The van der Waals surface area contributed by atoms with Crippen LogP contribution in [0.4, 0.5) is 0 Å². The third-order valence-corrected chi connectivity index (χ3v) is 3.63. The summed E-state index contributed by atoms with van der Waals surface area (Å²) in [7, 11) is 0. The highest BCUT2D eigenvalue weighted by Gasteiger charge is 2.16. The van der Waals surface area contributed by atoms with Gasteiger partial charge in [0, 0.05) is 12.5 Å². The van der Waals surface area contributed by atoms with E-state index in [-0.39, 0.29) is 30.8 Å². The van der Waals surface area contributed by atoms with Crippen LogP contribution in [0.15, 0.2) is 54.6 Å². The first-order chi connectivity index (χ1) is 12.0. The zero-order valence-electron chi connectivity index (χ0n) is 14.5.